The van der Waals surface area contributed by atoms with Crippen molar-refractivity contribution in [2.45, 2.75) is 32.2 Å². The van der Waals surface area contributed by atoms with Crippen molar-refractivity contribution in [3.05, 3.63) is 52.1 Å². The van der Waals surface area contributed by atoms with Crippen LogP contribution in [0.4, 0.5) is 0 Å². The molecular formula is C20H18ClNO4S2. The molecule has 0 aliphatic carbocycles. The molecule has 1 saturated heterocycles. The summed E-state index contributed by atoms with van der Waals surface area (Å²) in [4.78, 5) is 25.9. The third-order valence-electron chi connectivity index (χ3n) is 4.29. The second-order valence-corrected chi connectivity index (χ2v) is 8.31. The summed E-state index contributed by atoms with van der Waals surface area (Å²) >= 11 is 12.5. The number of halogens is 1. The summed E-state index contributed by atoms with van der Waals surface area (Å²) < 4.78 is 6.05. The molecule has 3 rings (SSSR count). The average molecular weight is 436 g/mol. The molecular weight excluding hydrogens is 418 g/mol. The fraction of sp³-hybridized carbons (Fsp3) is 0.250. The molecule has 1 atom stereocenters. The molecule has 28 heavy (non-hydrogen) atoms. The molecule has 1 aromatic carbocycles. The Hall–Kier alpha value is -2.09. The molecule has 1 aliphatic heterocycles. The molecule has 0 radical (unpaired) electrons. The van der Waals surface area contributed by atoms with Crippen molar-refractivity contribution in [3.8, 4) is 11.3 Å². The number of benzene rings is 1. The Bertz CT molecular complexity index is 953. The van der Waals surface area contributed by atoms with Crippen molar-refractivity contribution in [1.82, 2.24) is 4.90 Å². The van der Waals surface area contributed by atoms with Crippen molar-refractivity contribution >= 4 is 57.9 Å². The number of hydrogen-bond donors (Lipinski definition) is 1. The zero-order valence-electron chi connectivity index (χ0n) is 15.1. The van der Waals surface area contributed by atoms with E-state index in [0.717, 1.165) is 23.7 Å². The summed E-state index contributed by atoms with van der Waals surface area (Å²) in [5.41, 5.74) is 0.752. The quantitative estimate of drug-likeness (QED) is 0.461. The largest absolute Gasteiger partial charge is 0.480 e. The molecule has 1 N–H and O–H groups in total. The van der Waals surface area contributed by atoms with Gasteiger partial charge in [-0.15, -0.1) is 0 Å². The molecule has 0 bridgehead atoms. The number of hydrogen-bond acceptors (Lipinski definition) is 5. The summed E-state index contributed by atoms with van der Waals surface area (Å²) in [6, 6.07) is 9.86. The van der Waals surface area contributed by atoms with E-state index in [-0.39, 0.29) is 4.32 Å². The minimum absolute atomic E-state index is 0.248. The zero-order valence-corrected chi connectivity index (χ0v) is 17.4. The molecule has 0 saturated carbocycles. The summed E-state index contributed by atoms with van der Waals surface area (Å²) in [5.74, 6) is -0.409. The third kappa shape index (κ3) is 4.32. The van der Waals surface area contributed by atoms with Crippen LogP contribution in [0.15, 0.2) is 45.7 Å². The van der Waals surface area contributed by atoms with Crippen LogP contribution in [-0.4, -0.2) is 32.2 Å². The van der Waals surface area contributed by atoms with Crippen molar-refractivity contribution in [3.63, 3.8) is 0 Å². The standard InChI is InChI=1S/C20H18ClNO4S2/c1-2-3-8-15(19(24)25)22-18(23)17(28-20(22)27)11-12-9-10-16(26-12)13-6-4-5-7-14(13)21/h4-7,9-11,15H,2-3,8H2,1H3,(H,24,25)/b17-11+. The topological polar surface area (TPSA) is 70.8 Å². The summed E-state index contributed by atoms with van der Waals surface area (Å²) in [6.45, 7) is 1.97. The van der Waals surface area contributed by atoms with Gasteiger partial charge in [-0.1, -0.05) is 67.5 Å². The Morgan fingerprint density at radius 3 is 2.79 bits per heavy atom. The molecule has 8 heteroatoms. The fourth-order valence-electron chi connectivity index (χ4n) is 2.87. The van der Waals surface area contributed by atoms with Gasteiger partial charge < -0.3 is 9.52 Å². The van der Waals surface area contributed by atoms with Crippen LogP contribution in [0.5, 0.6) is 0 Å². The number of carboxylic acid groups (broad SMARTS) is 1. The molecule has 2 aromatic rings. The fourth-order valence-corrected chi connectivity index (χ4v) is 4.44. The number of amides is 1. The number of furan rings is 1. The van der Waals surface area contributed by atoms with E-state index < -0.39 is 17.9 Å². The second kappa shape index (κ2) is 8.94. The van der Waals surface area contributed by atoms with Gasteiger partial charge in [-0.3, -0.25) is 9.69 Å². The van der Waals surface area contributed by atoms with Gasteiger partial charge in [0, 0.05) is 11.6 Å². The maximum absolute atomic E-state index is 12.8. The number of carbonyl (C=O) groups excluding carboxylic acids is 1. The molecule has 1 unspecified atom stereocenters. The predicted octanol–water partition coefficient (Wildman–Crippen LogP) is 5.44. The Labute approximate surface area is 177 Å². The molecule has 0 spiro atoms. The van der Waals surface area contributed by atoms with Gasteiger partial charge in [0.2, 0.25) is 0 Å². The molecule has 2 heterocycles. The predicted molar refractivity (Wildman–Crippen MR) is 115 cm³/mol. The molecule has 146 valence electrons. The van der Waals surface area contributed by atoms with Crippen LogP contribution in [0.25, 0.3) is 17.4 Å². The Balaban J connectivity index is 1.84. The first-order valence-electron chi connectivity index (χ1n) is 8.77. The maximum Gasteiger partial charge on any atom is 0.326 e. The van der Waals surface area contributed by atoms with Crippen molar-refractivity contribution in [2.24, 2.45) is 0 Å². The van der Waals surface area contributed by atoms with Gasteiger partial charge in [0.25, 0.3) is 5.91 Å². The SMILES string of the molecule is CCCCC(C(=O)O)N1C(=O)/C(=C\c2ccc(-c3ccccc3Cl)o2)SC1=S. The van der Waals surface area contributed by atoms with Crippen LogP contribution in [0, 0.1) is 0 Å². The van der Waals surface area contributed by atoms with Crippen molar-refractivity contribution in [1.29, 1.82) is 0 Å². The van der Waals surface area contributed by atoms with Crippen LogP contribution in [0.2, 0.25) is 5.02 Å². The number of thiocarbonyl (C=S) groups is 1. The van der Waals surface area contributed by atoms with E-state index in [1.807, 2.05) is 25.1 Å². The normalized spacial score (nSPS) is 16.8. The van der Waals surface area contributed by atoms with Crippen molar-refractivity contribution in [2.75, 3.05) is 0 Å². The summed E-state index contributed by atoms with van der Waals surface area (Å²) in [5, 5.41) is 10.1. The van der Waals surface area contributed by atoms with E-state index in [2.05, 4.69) is 0 Å². The summed E-state index contributed by atoms with van der Waals surface area (Å²) in [7, 11) is 0. The van der Waals surface area contributed by atoms with E-state index >= 15 is 0 Å². The number of carbonyl (C=O) groups is 2. The van der Waals surface area contributed by atoms with Crippen LogP contribution >= 0.6 is 35.6 Å². The average Bonchev–Trinajstić information content (AvgIpc) is 3.22. The van der Waals surface area contributed by atoms with E-state index in [0.29, 0.717) is 34.3 Å². The Kier molecular flexibility index (Phi) is 6.59. The first-order valence-corrected chi connectivity index (χ1v) is 10.4. The number of unbranched alkanes of at least 4 members (excludes halogenated alkanes) is 1. The number of thioether (sulfide) groups is 1. The van der Waals surface area contributed by atoms with Gasteiger partial charge in [-0.25, -0.2) is 4.79 Å². The number of nitrogens with zero attached hydrogens (tertiary/aromatic N) is 1. The maximum atomic E-state index is 12.8. The third-order valence-corrected chi connectivity index (χ3v) is 5.95. The molecule has 1 aliphatic rings. The highest BCUT2D eigenvalue weighted by Crippen LogP contribution is 2.36. The van der Waals surface area contributed by atoms with Crippen LogP contribution in [-0.2, 0) is 9.59 Å². The lowest BCUT2D eigenvalue weighted by Crippen LogP contribution is -2.43. The molecule has 1 fully saturated rings. The summed E-state index contributed by atoms with van der Waals surface area (Å²) in [6.07, 6.45) is 3.49. The van der Waals surface area contributed by atoms with Gasteiger partial charge in [0.1, 0.15) is 21.9 Å². The van der Waals surface area contributed by atoms with Gasteiger partial charge in [-0.2, -0.15) is 0 Å². The highest BCUT2D eigenvalue weighted by Gasteiger charge is 2.40. The molecule has 1 aromatic heterocycles. The number of carboxylic acids is 1. The van der Waals surface area contributed by atoms with Gasteiger partial charge in [0.15, 0.2) is 0 Å². The van der Waals surface area contributed by atoms with E-state index in [9.17, 15) is 14.7 Å². The zero-order chi connectivity index (χ0) is 20.3. The second-order valence-electron chi connectivity index (χ2n) is 6.23. The highest BCUT2D eigenvalue weighted by molar-refractivity contribution is 8.26. The lowest BCUT2D eigenvalue weighted by molar-refractivity contribution is -0.145. The molecule has 1 amide bonds. The highest BCUT2D eigenvalue weighted by atomic mass is 35.5. The lowest BCUT2D eigenvalue weighted by Gasteiger charge is -2.22. The lowest BCUT2D eigenvalue weighted by atomic mass is 10.1. The first kappa shape index (κ1) is 20.6. The van der Waals surface area contributed by atoms with E-state index in [1.165, 1.54) is 4.90 Å². The molecule has 5 nitrogen and oxygen atoms in total. The minimum Gasteiger partial charge on any atom is -0.480 e. The van der Waals surface area contributed by atoms with Gasteiger partial charge in [0.05, 0.1) is 9.93 Å². The smallest absolute Gasteiger partial charge is 0.326 e. The van der Waals surface area contributed by atoms with Crippen molar-refractivity contribution < 1.29 is 19.1 Å². The first-order chi connectivity index (χ1) is 13.4. The monoisotopic (exact) mass is 435 g/mol. The Morgan fingerprint density at radius 2 is 2.11 bits per heavy atom. The number of aliphatic carboxylic acids is 1. The van der Waals surface area contributed by atoms with Crippen LogP contribution in [0.1, 0.15) is 31.9 Å². The number of rotatable bonds is 7. The van der Waals surface area contributed by atoms with Crippen LogP contribution in [0.3, 0.4) is 0 Å². The van der Waals surface area contributed by atoms with Gasteiger partial charge >= 0.3 is 5.97 Å². The van der Waals surface area contributed by atoms with Crippen LogP contribution < -0.4 is 0 Å². The minimum atomic E-state index is -1.05. The Morgan fingerprint density at radius 1 is 1.36 bits per heavy atom. The van der Waals surface area contributed by atoms with Gasteiger partial charge in [-0.05, 0) is 30.7 Å². The van der Waals surface area contributed by atoms with E-state index in [1.54, 1.807) is 24.3 Å². The van der Waals surface area contributed by atoms with E-state index in [4.69, 9.17) is 28.2 Å².